The minimum Gasteiger partial charge on any atom is -0.624 e. The molecule has 0 atom stereocenters. The van der Waals surface area contributed by atoms with Crippen molar-refractivity contribution in [2.24, 2.45) is 0 Å². The Morgan fingerprint density at radius 1 is 1.33 bits per heavy atom. The van der Waals surface area contributed by atoms with Crippen molar-refractivity contribution in [3.63, 3.8) is 0 Å². The second kappa shape index (κ2) is 3.92. The molecule has 0 saturated heterocycles. The first-order valence-corrected chi connectivity index (χ1v) is 5.05. The lowest BCUT2D eigenvalue weighted by molar-refractivity contribution is -0.540. The summed E-state index contributed by atoms with van der Waals surface area (Å²) in [5.41, 5.74) is -0.0243. The van der Waals surface area contributed by atoms with Crippen LogP contribution in [0.4, 0.5) is 0 Å². The van der Waals surface area contributed by atoms with Crippen molar-refractivity contribution < 1.29 is 4.74 Å². The molecule has 1 aliphatic rings. The third-order valence-corrected chi connectivity index (χ3v) is 2.80. The highest BCUT2D eigenvalue weighted by Gasteiger charge is 2.39. The summed E-state index contributed by atoms with van der Waals surface area (Å²) in [4.78, 5) is 0. The molecule has 0 radical (unpaired) electrons. The average molecular weight is 169 g/mol. The van der Waals surface area contributed by atoms with Crippen LogP contribution in [0.25, 0.3) is 0 Å². The van der Waals surface area contributed by atoms with E-state index >= 15 is 0 Å². The van der Waals surface area contributed by atoms with Crippen molar-refractivity contribution in [1.82, 2.24) is 0 Å². The van der Waals surface area contributed by atoms with Gasteiger partial charge in [-0.1, -0.05) is 13.8 Å². The van der Waals surface area contributed by atoms with Gasteiger partial charge in [0.05, 0.1) is 0 Å². The van der Waals surface area contributed by atoms with Gasteiger partial charge in [-0.2, -0.15) is 0 Å². The van der Waals surface area contributed by atoms with Crippen LogP contribution >= 0.6 is 0 Å². The van der Waals surface area contributed by atoms with E-state index in [0.717, 1.165) is 38.5 Å². The molecule has 12 heavy (non-hydrogen) atoms. The van der Waals surface area contributed by atoms with Gasteiger partial charge < -0.3 is 5.21 Å². The molecule has 1 rings (SSSR count). The minimum absolute atomic E-state index is 0.0243. The monoisotopic (exact) mass is 169 g/mol. The van der Waals surface area contributed by atoms with E-state index in [1.54, 1.807) is 0 Å². The lowest BCUT2D eigenvalue weighted by Crippen LogP contribution is -2.35. The van der Waals surface area contributed by atoms with Crippen LogP contribution in [-0.4, -0.2) is 16.5 Å². The van der Waals surface area contributed by atoms with Crippen LogP contribution in [0.2, 0.25) is 0 Å². The summed E-state index contributed by atoms with van der Waals surface area (Å²) in [7, 11) is 0. The van der Waals surface area contributed by atoms with Gasteiger partial charge in [-0.15, -0.1) is 0 Å². The molecule has 0 N–H and O–H groups in total. The summed E-state index contributed by atoms with van der Waals surface area (Å²) in [6.45, 7) is 4.31. The van der Waals surface area contributed by atoms with E-state index in [2.05, 4.69) is 13.8 Å². The van der Waals surface area contributed by atoms with E-state index in [1.165, 1.54) is 4.74 Å². The predicted molar refractivity (Wildman–Crippen MR) is 51.5 cm³/mol. The molecule has 2 nitrogen and oxygen atoms in total. The topological polar surface area (TPSA) is 26.1 Å². The van der Waals surface area contributed by atoms with Gasteiger partial charge in [0.25, 0.3) is 0 Å². The minimum atomic E-state index is -0.0243. The summed E-state index contributed by atoms with van der Waals surface area (Å²) in [5, 5.41) is 11.5. The van der Waals surface area contributed by atoms with E-state index in [-0.39, 0.29) is 5.54 Å². The van der Waals surface area contributed by atoms with Crippen LogP contribution in [-0.2, 0) is 0 Å². The highest BCUT2D eigenvalue weighted by atomic mass is 16.5. The smallest absolute Gasteiger partial charge is 0.173 e. The van der Waals surface area contributed by atoms with Crippen molar-refractivity contribution >= 4 is 6.21 Å². The zero-order valence-electron chi connectivity index (χ0n) is 8.18. The predicted octanol–water partition coefficient (Wildman–Crippen LogP) is 2.70. The number of hydrogen-bond donors (Lipinski definition) is 0. The molecule has 0 spiro atoms. The molecule has 0 aromatic heterocycles. The standard InChI is InChI=1S/C10H19NO/c1-3-6-10(7-4-2)8-5-9-11(10)12/h9H,3-8H2,1-2H3. The number of hydrogen-bond acceptors (Lipinski definition) is 1. The Balaban J connectivity index is 2.65. The summed E-state index contributed by atoms with van der Waals surface area (Å²) in [6.07, 6.45) is 8.20. The fourth-order valence-corrected chi connectivity index (χ4v) is 2.28. The second-order valence-electron chi connectivity index (χ2n) is 3.77. The van der Waals surface area contributed by atoms with E-state index in [9.17, 15) is 5.21 Å². The maximum Gasteiger partial charge on any atom is 0.173 e. The quantitative estimate of drug-likeness (QED) is 0.469. The molecule has 0 unspecified atom stereocenters. The Bertz CT molecular complexity index is 169. The molecule has 70 valence electrons. The fraction of sp³-hybridized carbons (Fsp3) is 0.900. The number of nitrogens with zero attached hydrogens (tertiary/aromatic N) is 1. The van der Waals surface area contributed by atoms with Crippen LogP contribution in [0.1, 0.15) is 52.4 Å². The molecule has 0 aromatic rings. The Morgan fingerprint density at radius 2 is 1.92 bits per heavy atom. The molecule has 0 aromatic carbocycles. The third kappa shape index (κ3) is 1.62. The first-order chi connectivity index (χ1) is 5.75. The zero-order chi connectivity index (χ0) is 9.03. The van der Waals surface area contributed by atoms with Crippen LogP contribution in [0, 0.1) is 5.21 Å². The van der Waals surface area contributed by atoms with Gasteiger partial charge in [-0.25, -0.2) is 4.74 Å². The third-order valence-electron chi connectivity index (χ3n) is 2.80. The lowest BCUT2D eigenvalue weighted by Gasteiger charge is -2.27. The normalized spacial score (nSPS) is 21.0. The molecular formula is C10H19NO. The van der Waals surface area contributed by atoms with Crippen molar-refractivity contribution in [3.8, 4) is 0 Å². The molecule has 0 saturated carbocycles. The highest BCUT2D eigenvalue weighted by Crippen LogP contribution is 2.31. The van der Waals surface area contributed by atoms with Crippen LogP contribution in [0.3, 0.4) is 0 Å². The summed E-state index contributed by atoms with van der Waals surface area (Å²) in [5.74, 6) is 0. The van der Waals surface area contributed by atoms with Crippen molar-refractivity contribution in [2.45, 2.75) is 57.9 Å². The van der Waals surface area contributed by atoms with Gasteiger partial charge in [0.2, 0.25) is 0 Å². The molecule has 1 aliphatic heterocycles. The fourth-order valence-electron chi connectivity index (χ4n) is 2.28. The van der Waals surface area contributed by atoms with Gasteiger partial charge >= 0.3 is 0 Å². The molecule has 0 fully saturated rings. The van der Waals surface area contributed by atoms with Crippen LogP contribution in [0.15, 0.2) is 0 Å². The van der Waals surface area contributed by atoms with Gasteiger partial charge in [0.1, 0.15) is 0 Å². The average Bonchev–Trinajstić information content (AvgIpc) is 2.35. The SMILES string of the molecule is CCCC1(CCC)CCC=[N+]1[O-]. The molecule has 0 bridgehead atoms. The first kappa shape index (κ1) is 9.56. The van der Waals surface area contributed by atoms with Crippen molar-refractivity contribution in [3.05, 3.63) is 5.21 Å². The number of hydroxylamine groups is 1. The van der Waals surface area contributed by atoms with Gasteiger partial charge in [0, 0.05) is 25.7 Å². The molecule has 0 aliphatic carbocycles. The molecule has 1 heterocycles. The summed E-state index contributed by atoms with van der Waals surface area (Å²) >= 11 is 0. The lowest BCUT2D eigenvalue weighted by atomic mass is 9.87. The Labute approximate surface area is 74.9 Å². The second-order valence-corrected chi connectivity index (χ2v) is 3.77. The summed E-state index contributed by atoms with van der Waals surface area (Å²) in [6, 6.07) is 0. The molecule has 2 heteroatoms. The maximum absolute atomic E-state index is 11.5. The zero-order valence-corrected chi connectivity index (χ0v) is 8.18. The van der Waals surface area contributed by atoms with E-state index in [1.807, 2.05) is 6.21 Å². The van der Waals surface area contributed by atoms with E-state index < -0.39 is 0 Å². The molecule has 0 amide bonds. The maximum atomic E-state index is 11.5. The van der Waals surface area contributed by atoms with E-state index in [0.29, 0.717) is 0 Å². The Morgan fingerprint density at radius 3 is 2.25 bits per heavy atom. The van der Waals surface area contributed by atoms with E-state index in [4.69, 9.17) is 0 Å². The van der Waals surface area contributed by atoms with Crippen molar-refractivity contribution in [2.75, 3.05) is 0 Å². The van der Waals surface area contributed by atoms with Crippen molar-refractivity contribution in [1.29, 1.82) is 0 Å². The molecular weight excluding hydrogens is 150 g/mol. The Kier molecular flexibility index (Phi) is 3.12. The Hall–Kier alpha value is -0.530. The van der Waals surface area contributed by atoms with Gasteiger partial charge in [-0.05, 0) is 12.8 Å². The summed E-state index contributed by atoms with van der Waals surface area (Å²) < 4.78 is 1.22. The first-order valence-electron chi connectivity index (χ1n) is 5.05. The largest absolute Gasteiger partial charge is 0.624 e. The van der Waals surface area contributed by atoms with Gasteiger partial charge in [-0.3, -0.25) is 0 Å². The van der Waals surface area contributed by atoms with Crippen LogP contribution in [0.5, 0.6) is 0 Å². The highest BCUT2D eigenvalue weighted by molar-refractivity contribution is 5.53. The van der Waals surface area contributed by atoms with Gasteiger partial charge in [0.15, 0.2) is 11.8 Å². The number of rotatable bonds is 4. The van der Waals surface area contributed by atoms with Crippen LogP contribution < -0.4 is 0 Å².